The number of esters is 1. The van der Waals surface area contributed by atoms with Gasteiger partial charge >= 0.3 is 17.8 Å². The maximum Gasteiger partial charge on any atom is 0.441 e. The van der Waals surface area contributed by atoms with E-state index in [-0.39, 0.29) is 18.3 Å². The van der Waals surface area contributed by atoms with Crippen LogP contribution in [0.25, 0.3) is 5.53 Å². The van der Waals surface area contributed by atoms with Crippen molar-refractivity contribution in [1.29, 1.82) is 0 Å². The van der Waals surface area contributed by atoms with Gasteiger partial charge in [0.05, 0.1) is 19.8 Å². The largest absolute Gasteiger partial charge is 0.460 e. The number of Topliss-reactive ketones (excluding diaryl/α,β-unsaturated/α-hetero) is 1. The highest BCUT2D eigenvalue weighted by Crippen LogP contribution is 2.36. The SMILES string of the molecule is COC(=O)C(=[N+]=[N-])C(=O)C[C@@H](CO[Si](c1ccccc1)(c1ccccc1)C(C)(C)C)NC(=O)OCc1ccccc1. The second-order valence-corrected chi connectivity index (χ2v) is 14.8. The van der Waals surface area contributed by atoms with Gasteiger partial charge in [0.1, 0.15) is 6.61 Å². The quantitative estimate of drug-likeness (QED) is 0.0880. The molecule has 0 saturated heterocycles. The standard InChI is InChI=1S/C31H35N3O6Si/c1-31(2,3)41(25-16-10-6-11-17-25,26-18-12-7-13-19-26)40-22-24(20-27(35)28(34-32)29(36)38-4)33-30(37)39-21-23-14-8-5-9-15-23/h5-19,24H,20-22H2,1-4H3,(H,33,37)/t24-/m0/s1. The van der Waals surface area contributed by atoms with E-state index in [1.54, 1.807) is 0 Å². The summed E-state index contributed by atoms with van der Waals surface area (Å²) in [6.45, 7) is 6.26. The third-order valence-corrected chi connectivity index (χ3v) is 11.6. The zero-order chi connectivity index (χ0) is 29.9. The molecule has 0 bridgehead atoms. The molecule has 0 aliphatic carbocycles. The van der Waals surface area contributed by atoms with Crippen molar-refractivity contribution in [2.75, 3.05) is 13.7 Å². The molecule has 214 valence electrons. The molecule has 0 spiro atoms. The average molecular weight is 574 g/mol. The molecule has 3 aromatic rings. The molecule has 3 aromatic carbocycles. The topological polar surface area (TPSA) is 127 Å². The summed E-state index contributed by atoms with van der Waals surface area (Å²) in [7, 11) is -1.95. The number of amides is 1. The zero-order valence-corrected chi connectivity index (χ0v) is 24.7. The van der Waals surface area contributed by atoms with Crippen LogP contribution >= 0.6 is 0 Å². The summed E-state index contributed by atoms with van der Waals surface area (Å²) in [5.74, 6) is -1.91. The Morgan fingerprint density at radius 2 is 1.39 bits per heavy atom. The summed E-state index contributed by atoms with van der Waals surface area (Å²) in [6, 6.07) is 28.0. The van der Waals surface area contributed by atoms with Gasteiger partial charge in [-0.25, -0.2) is 9.59 Å². The minimum Gasteiger partial charge on any atom is -0.460 e. The second kappa shape index (κ2) is 14.3. The van der Waals surface area contributed by atoms with Crippen molar-refractivity contribution in [2.45, 2.75) is 44.9 Å². The van der Waals surface area contributed by atoms with Gasteiger partial charge in [0.25, 0.3) is 14.1 Å². The number of ether oxygens (including phenoxy) is 2. The normalized spacial score (nSPS) is 12.0. The summed E-state index contributed by atoms with van der Waals surface area (Å²) in [4.78, 5) is 40.6. The van der Waals surface area contributed by atoms with Crippen LogP contribution in [0, 0.1) is 0 Å². The lowest BCUT2D eigenvalue weighted by atomic mass is 10.1. The van der Waals surface area contributed by atoms with Crippen molar-refractivity contribution < 1.29 is 33.1 Å². The van der Waals surface area contributed by atoms with Gasteiger partial charge in [0.15, 0.2) is 0 Å². The number of carbonyl (C=O) groups excluding carboxylic acids is 3. The molecule has 0 saturated carbocycles. The van der Waals surface area contributed by atoms with E-state index < -0.39 is 44.3 Å². The van der Waals surface area contributed by atoms with E-state index in [1.165, 1.54) is 0 Å². The highest BCUT2D eigenvalue weighted by atomic mass is 28.4. The molecule has 0 unspecified atom stereocenters. The number of rotatable bonds is 12. The van der Waals surface area contributed by atoms with Gasteiger partial charge in [-0.15, -0.1) is 0 Å². The first-order chi connectivity index (χ1) is 19.6. The lowest BCUT2D eigenvalue weighted by molar-refractivity contribution is -0.139. The third kappa shape index (κ3) is 7.85. The predicted octanol–water partition coefficient (Wildman–Crippen LogP) is 3.66. The Kier molecular flexibility index (Phi) is 10.9. The van der Waals surface area contributed by atoms with E-state index in [1.807, 2.05) is 91.0 Å². The van der Waals surface area contributed by atoms with Gasteiger partial charge in [0, 0.05) is 6.42 Å². The minimum atomic E-state index is -3.02. The Morgan fingerprint density at radius 1 is 0.878 bits per heavy atom. The lowest BCUT2D eigenvalue weighted by Crippen LogP contribution is -2.67. The van der Waals surface area contributed by atoms with Gasteiger partial charge < -0.3 is 24.7 Å². The number of hydrogen-bond donors (Lipinski definition) is 1. The number of alkyl carbamates (subject to hydrolysis) is 1. The molecule has 0 fully saturated rings. The van der Waals surface area contributed by atoms with Gasteiger partial charge in [0.2, 0.25) is 0 Å². The number of nitrogens with one attached hydrogen (secondary N) is 1. The molecule has 3 rings (SSSR count). The first kappa shape index (κ1) is 31.2. The Labute approximate surface area is 241 Å². The molecule has 1 amide bonds. The molecule has 9 nitrogen and oxygen atoms in total. The average Bonchev–Trinajstić information content (AvgIpc) is 2.97. The predicted molar refractivity (Wildman–Crippen MR) is 157 cm³/mol. The first-order valence-corrected chi connectivity index (χ1v) is 15.1. The van der Waals surface area contributed by atoms with Crippen LogP contribution < -0.4 is 15.7 Å². The van der Waals surface area contributed by atoms with Crippen molar-refractivity contribution in [3.05, 3.63) is 102 Å². The summed E-state index contributed by atoms with van der Waals surface area (Å²) in [5, 5.41) is 4.38. The van der Waals surface area contributed by atoms with Crippen LogP contribution in [0.15, 0.2) is 91.0 Å². The van der Waals surface area contributed by atoms with Crippen molar-refractivity contribution in [3.63, 3.8) is 0 Å². The monoisotopic (exact) mass is 573 g/mol. The Hall–Kier alpha value is -4.37. The van der Waals surface area contributed by atoms with Crippen molar-refractivity contribution in [2.24, 2.45) is 0 Å². The zero-order valence-electron chi connectivity index (χ0n) is 23.7. The van der Waals surface area contributed by atoms with E-state index in [4.69, 9.17) is 9.16 Å². The highest BCUT2D eigenvalue weighted by Gasteiger charge is 2.50. The molecule has 0 heterocycles. The molecular formula is C31H35N3O6Si. The molecule has 0 aliphatic rings. The molecular weight excluding hydrogens is 538 g/mol. The number of carbonyl (C=O) groups is 3. The van der Waals surface area contributed by atoms with Crippen LogP contribution in [0.1, 0.15) is 32.8 Å². The fourth-order valence-corrected chi connectivity index (χ4v) is 9.30. The lowest BCUT2D eigenvalue weighted by Gasteiger charge is -2.43. The first-order valence-electron chi connectivity index (χ1n) is 13.2. The fraction of sp³-hybridized carbons (Fsp3) is 0.290. The van der Waals surface area contributed by atoms with E-state index in [9.17, 15) is 19.9 Å². The smallest absolute Gasteiger partial charge is 0.441 e. The summed E-state index contributed by atoms with van der Waals surface area (Å²) in [6.07, 6.45) is -1.16. The Morgan fingerprint density at radius 3 is 1.85 bits per heavy atom. The Balaban J connectivity index is 1.94. The number of nitrogens with zero attached hydrogens (tertiary/aromatic N) is 2. The molecule has 0 radical (unpaired) electrons. The number of methoxy groups -OCH3 is 1. The fourth-order valence-electron chi connectivity index (χ4n) is 4.70. The van der Waals surface area contributed by atoms with E-state index in [0.717, 1.165) is 23.0 Å². The number of hydrogen-bond acceptors (Lipinski definition) is 6. The minimum absolute atomic E-state index is 0.0222. The Bertz CT molecular complexity index is 1330. The molecule has 1 atom stereocenters. The van der Waals surface area contributed by atoms with E-state index in [0.29, 0.717) is 0 Å². The van der Waals surface area contributed by atoms with Crippen molar-refractivity contribution in [3.8, 4) is 0 Å². The number of benzene rings is 3. The maximum absolute atomic E-state index is 13.0. The number of ketones is 1. The molecule has 0 aliphatic heterocycles. The summed E-state index contributed by atoms with van der Waals surface area (Å²) >= 11 is 0. The summed E-state index contributed by atoms with van der Waals surface area (Å²) < 4.78 is 16.8. The van der Waals surface area contributed by atoms with Crippen LogP contribution in [0.4, 0.5) is 4.79 Å². The second-order valence-electron chi connectivity index (χ2n) is 10.4. The molecule has 1 N–H and O–H groups in total. The van der Waals surface area contributed by atoms with Crippen LogP contribution in [0.2, 0.25) is 5.04 Å². The van der Waals surface area contributed by atoms with Gasteiger partial charge in [-0.05, 0) is 21.0 Å². The van der Waals surface area contributed by atoms with Crippen LogP contribution in [-0.4, -0.2) is 56.4 Å². The van der Waals surface area contributed by atoms with Crippen LogP contribution in [0.5, 0.6) is 0 Å². The van der Waals surface area contributed by atoms with Crippen molar-refractivity contribution >= 4 is 42.2 Å². The molecule has 10 heteroatoms. The van der Waals surface area contributed by atoms with Gasteiger partial charge in [-0.2, -0.15) is 4.79 Å². The van der Waals surface area contributed by atoms with Gasteiger partial charge in [-0.3, -0.25) is 4.79 Å². The molecule has 0 aromatic heterocycles. The molecule has 41 heavy (non-hydrogen) atoms. The maximum atomic E-state index is 13.0. The van der Waals surface area contributed by atoms with Crippen LogP contribution in [-0.2, 0) is 30.1 Å². The summed E-state index contributed by atoms with van der Waals surface area (Å²) in [5.41, 5.74) is 9.31. The van der Waals surface area contributed by atoms with Crippen molar-refractivity contribution in [1.82, 2.24) is 5.32 Å². The van der Waals surface area contributed by atoms with E-state index in [2.05, 4.69) is 35.6 Å². The van der Waals surface area contributed by atoms with Gasteiger partial charge in [-0.1, -0.05) is 112 Å². The van der Waals surface area contributed by atoms with Crippen LogP contribution in [0.3, 0.4) is 0 Å². The van der Waals surface area contributed by atoms with E-state index >= 15 is 0 Å². The third-order valence-electron chi connectivity index (χ3n) is 6.63. The highest BCUT2D eigenvalue weighted by molar-refractivity contribution is 6.99.